The molecule has 11 heteroatoms. The summed E-state index contributed by atoms with van der Waals surface area (Å²) in [7, 11) is 1.43. The molecule has 3 atom stereocenters. The van der Waals surface area contributed by atoms with E-state index in [2.05, 4.69) is 38.2 Å². The van der Waals surface area contributed by atoms with Gasteiger partial charge >= 0.3 is 19.8 Å². The number of esters is 2. The molecule has 2 N–H and O–H groups in total. The van der Waals surface area contributed by atoms with Crippen molar-refractivity contribution in [2.45, 2.75) is 199 Å². The van der Waals surface area contributed by atoms with E-state index < -0.39 is 38.6 Å². The van der Waals surface area contributed by atoms with Gasteiger partial charge in [-0.25, -0.2) is 4.57 Å². The van der Waals surface area contributed by atoms with Crippen molar-refractivity contribution >= 4 is 19.8 Å². The predicted octanol–water partition coefficient (Wildman–Crippen LogP) is 12.4. The maximum absolute atomic E-state index is 12.7. The number of allylic oxidation sites excluding steroid dienone is 6. The van der Waals surface area contributed by atoms with Crippen molar-refractivity contribution in [2.75, 3.05) is 47.5 Å². The summed E-state index contributed by atoms with van der Waals surface area (Å²) in [6, 6.07) is 0. The van der Waals surface area contributed by atoms with Gasteiger partial charge in [0.25, 0.3) is 0 Å². The molecule has 0 saturated heterocycles. The van der Waals surface area contributed by atoms with Gasteiger partial charge in [0, 0.05) is 12.8 Å². The van der Waals surface area contributed by atoms with Gasteiger partial charge in [0.15, 0.2) is 6.10 Å². The number of phosphoric ester groups is 1. The third kappa shape index (κ3) is 43.8. The molecule has 0 bridgehead atoms. The maximum atomic E-state index is 12.7. The van der Waals surface area contributed by atoms with E-state index >= 15 is 0 Å². The number of nitrogens with zero attached hydrogens (tertiary/aromatic N) is 1. The van der Waals surface area contributed by atoms with Gasteiger partial charge in [-0.3, -0.25) is 18.6 Å². The summed E-state index contributed by atoms with van der Waals surface area (Å²) in [5, 5.41) is 9.89. The molecule has 0 aliphatic rings. The Morgan fingerprint density at radius 2 is 1.12 bits per heavy atom. The Labute approximate surface area is 361 Å². The van der Waals surface area contributed by atoms with E-state index in [0.717, 1.165) is 57.8 Å². The Balaban J connectivity index is 4.37. The van der Waals surface area contributed by atoms with Crippen molar-refractivity contribution in [1.82, 2.24) is 0 Å². The molecule has 0 rings (SSSR count). The molecular formula is C48H89NO9P+. The van der Waals surface area contributed by atoms with Crippen LogP contribution in [0.15, 0.2) is 48.6 Å². The Hall–Kier alpha value is -2.07. The van der Waals surface area contributed by atoms with Crippen molar-refractivity contribution in [2.24, 2.45) is 0 Å². The molecule has 10 nitrogen and oxygen atoms in total. The number of carbonyl (C=O) groups excluding carboxylic acids is 2. The molecule has 2 unspecified atom stereocenters. The van der Waals surface area contributed by atoms with Crippen LogP contribution in [0.25, 0.3) is 0 Å². The van der Waals surface area contributed by atoms with Crippen LogP contribution in [0.2, 0.25) is 0 Å². The topological polar surface area (TPSA) is 129 Å². The number of phosphoric acid groups is 1. The van der Waals surface area contributed by atoms with E-state index in [4.69, 9.17) is 18.5 Å². The van der Waals surface area contributed by atoms with Crippen LogP contribution in [-0.2, 0) is 32.7 Å². The summed E-state index contributed by atoms with van der Waals surface area (Å²) in [6.45, 7) is 4.17. The lowest BCUT2D eigenvalue weighted by Gasteiger charge is -2.24. The number of carbonyl (C=O) groups is 2. The molecule has 0 aliphatic carbocycles. The van der Waals surface area contributed by atoms with E-state index in [1.807, 2.05) is 39.4 Å². The first kappa shape index (κ1) is 56.9. The fraction of sp³-hybridized carbons (Fsp3) is 0.792. The summed E-state index contributed by atoms with van der Waals surface area (Å²) < 4.78 is 34.3. The summed E-state index contributed by atoms with van der Waals surface area (Å²) in [5.74, 6) is -0.854. The number of quaternary nitrogens is 1. The van der Waals surface area contributed by atoms with E-state index in [1.165, 1.54) is 83.5 Å². The van der Waals surface area contributed by atoms with Crippen molar-refractivity contribution in [3.05, 3.63) is 48.6 Å². The molecule has 0 radical (unpaired) electrons. The molecule has 0 amide bonds. The summed E-state index contributed by atoms with van der Waals surface area (Å²) in [5.41, 5.74) is 0. The quantitative estimate of drug-likeness (QED) is 0.0154. The van der Waals surface area contributed by atoms with Crippen LogP contribution in [0.5, 0.6) is 0 Å². The van der Waals surface area contributed by atoms with Gasteiger partial charge in [-0.05, 0) is 64.2 Å². The van der Waals surface area contributed by atoms with Gasteiger partial charge in [0.05, 0.1) is 33.9 Å². The molecule has 344 valence electrons. The lowest BCUT2D eigenvalue weighted by Crippen LogP contribution is -2.37. The van der Waals surface area contributed by atoms with Crippen molar-refractivity contribution < 1.29 is 47.2 Å². The summed E-state index contributed by atoms with van der Waals surface area (Å²) >= 11 is 0. The highest BCUT2D eigenvalue weighted by molar-refractivity contribution is 7.47. The highest BCUT2D eigenvalue weighted by Gasteiger charge is 2.27. The van der Waals surface area contributed by atoms with Gasteiger partial charge in [-0.15, -0.1) is 0 Å². The largest absolute Gasteiger partial charge is 0.472 e. The standard InChI is InChI=1S/C48H88NO9P/c1-6-8-10-11-12-13-14-15-16-17-18-19-20-21-22-25-29-32-36-40-48(52)58-46(44-57-59(53,54)56-42-41-49(3,4)5)43-55-47(51)39-35-31-28-26-23-24-27-30-34-38-45(50)37-33-9-7-2/h9,15-16,27,30,33-34,38,45-46,50H,6-8,10-14,17-26,28-29,31-32,35-37,39-44H2,1-5H3/p+1/b16-15-,30-27+,33-9+,38-34+/t45?,46-/m1/s1. The first-order valence-electron chi connectivity index (χ1n) is 23.5. The predicted molar refractivity (Wildman–Crippen MR) is 244 cm³/mol. The van der Waals surface area contributed by atoms with Crippen LogP contribution in [0.4, 0.5) is 0 Å². The van der Waals surface area contributed by atoms with Crippen molar-refractivity contribution in [1.29, 1.82) is 0 Å². The second kappa shape index (κ2) is 40.0. The smallest absolute Gasteiger partial charge is 0.462 e. The molecule has 0 spiro atoms. The van der Waals surface area contributed by atoms with Crippen LogP contribution in [0, 0.1) is 0 Å². The SMILES string of the molecule is CC/C=C/CC(O)/C=C/C=C/CCCCCCCC(=O)OC[C@H](COP(=O)(O)OCC[N+](C)(C)C)OC(=O)CCCCCCCCCCC/C=C\CCCCCCCC. The molecule has 59 heavy (non-hydrogen) atoms. The summed E-state index contributed by atoms with van der Waals surface area (Å²) in [4.78, 5) is 35.4. The van der Waals surface area contributed by atoms with Crippen LogP contribution < -0.4 is 0 Å². The lowest BCUT2D eigenvalue weighted by molar-refractivity contribution is -0.870. The number of likely N-dealkylation sites (N-methyl/N-ethyl adjacent to an activating group) is 1. The van der Waals surface area contributed by atoms with Crippen LogP contribution in [-0.4, -0.2) is 86.1 Å². The number of aliphatic hydroxyl groups is 1. The number of unbranched alkanes of at least 4 members (excludes halogenated alkanes) is 20. The van der Waals surface area contributed by atoms with Gasteiger partial charge < -0.3 is 24.0 Å². The van der Waals surface area contributed by atoms with Gasteiger partial charge in [-0.2, -0.15) is 0 Å². The third-order valence-electron chi connectivity index (χ3n) is 9.92. The normalized spacial score (nSPS) is 14.5. The number of rotatable bonds is 42. The van der Waals surface area contributed by atoms with E-state index in [0.29, 0.717) is 30.3 Å². The molecular weight excluding hydrogens is 765 g/mol. The van der Waals surface area contributed by atoms with Crippen LogP contribution in [0.1, 0.15) is 187 Å². The molecule has 0 aromatic heterocycles. The summed E-state index contributed by atoms with van der Waals surface area (Å²) in [6.07, 6.45) is 43.4. The highest BCUT2D eigenvalue weighted by Crippen LogP contribution is 2.43. The zero-order valence-electron chi connectivity index (χ0n) is 38.3. The average molecular weight is 855 g/mol. The minimum Gasteiger partial charge on any atom is -0.462 e. The fourth-order valence-corrected chi connectivity index (χ4v) is 6.96. The minimum absolute atomic E-state index is 0.0181. The third-order valence-corrected chi connectivity index (χ3v) is 10.9. The van der Waals surface area contributed by atoms with Crippen LogP contribution in [0.3, 0.4) is 0 Å². The van der Waals surface area contributed by atoms with E-state index in [9.17, 15) is 24.2 Å². The average Bonchev–Trinajstić information content (AvgIpc) is 3.18. The Bertz CT molecular complexity index is 1160. The van der Waals surface area contributed by atoms with E-state index in [-0.39, 0.29) is 26.1 Å². The zero-order valence-corrected chi connectivity index (χ0v) is 39.2. The number of aliphatic hydroxyl groups excluding tert-OH is 1. The Morgan fingerprint density at radius 3 is 1.66 bits per heavy atom. The monoisotopic (exact) mass is 855 g/mol. The molecule has 0 aliphatic heterocycles. The first-order chi connectivity index (χ1) is 28.4. The van der Waals surface area contributed by atoms with Gasteiger partial charge in [-0.1, -0.05) is 159 Å². The minimum atomic E-state index is -4.39. The lowest BCUT2D eigenvalue weighted by atomic mass is 10.1. The molecule has 0 aromatic carbocycles. The van der Waals surface area contributed by atoms with Gasteiger partial charge in [0.1, 0.15) is 19.8 Å². The number of hydrogen-bond donors (Lipinski definition) is 2. The van der Waals surface area contributed by atoms with Crippen molar-refractivity contribution in [3.8, 4) is 0 Å². The molecule has 0 saturated carbocycles. The maximum Gasteiger partial charge on any atom is 0.472 e. The number of hydrogen-bond acceptors (Lipinski definition) is 8. The van der Waals surface area contributed by atoms with E-state index in [1.54, 1.807) is 6.08 Å². The fourth-order valence-electron chi connectivity index (χ4n) is 6.22. The first-order valence-corrected chi connectivity index (χ1v) is 25.0. The molecule has 0 aromatic rings. The van der Waals surface area contributed by atoms with Crippen molar-refractivity contribution in [3.63, 3.8) is 0 Å². The molecule has 0 heterocycles. The second-order valence-corrected chi connectivity index (χ2v) is 18.4. The number of ether oxygens (including phenoxy) is 2. The Kier molecular flexibility index (Phi) is 38.6. The Morgan fingerprint density at radius 1 is 0.610 bits per heavy atom. The molecule has 0 fully saturated rings. The van der Waals surface area contributed by atoms with Gasteiger partial charge in [0.2, 0.25) is 0 Å². The zero-order chi connectivity index (χ0) is 43.7. The highest BCUT2D eigenvalue weighted by atomic mass is 31.2. The second-order valence-electron chi connectivity index (χ2n) is 17.0. The van der Waals surface area contributed by atoms with Crippen LogP contribution >= 0.6 is 7.82 Å².